The maximum Gasteiger partial charge on any atom is 0.264 e. The van der Waals surface area contributed by atoms with Gasteiger partial charge in [0.1, 0.15) is 11.6 Å². The van der Waals surface area contributed by atoms with Gasteiger partial charge in [-0.1, -0.05) is 30.1 Å². The minimum absolute atomic E-state index is 0.152. The maximum atomic E-state index is 12.6. The Bertz CT molecular complexity index is 1470. The van der Waals surface area contributed by atoms with Crippen LogP contribution < -0.4 is 9.64 Å². The Kier molecular flexibility index (Phi) is 7.74. The minimum Gasteiger partial charge on any atom is -0.437 e. The number of anilines is 1. The standard InChI is InChI=1S/C27H28Cl2N4O5S/c1-27(5-6-27)26(34)33-9-7-32(8-10-33)24-4-3-22(16-30-24)38-25-12-18(17-37-39(2,35)36)11-23(31-25)19-13-20(28)15-21(29)14-19/h3-4,11-16H,5-10,17H2,1-2H3. The van der Waals surface area contributed by atoms with Crippen molar-refractivity contribution in [1.29, 1.82) is 0 Å². The first kappa shape index (κ1) is 27.6. The molecular formula is C27H28Cl2N4O5S. The Balaban J connectivity index is 1.31. The Hall–Kier alpha value is -2.92. The van der Waals surface area contributed by atoms with E-state index in [0.29, 0.717) is 58.8 Å². The summed E-state index contributed by atoms with van der Waals surface area (Å²) in [5.74, 6) is 1.74. The average Bonchev–Trinajstić information content (AvgIpc) is 3.65. The molecule has 1 amide bonds. The molecular weight excluding hydrogens is 563 g/mol. The number of carbonyl (C=O) groups is 1. The molecule has 1 aromatic carbocycles. The molecule has 0 radical (unpaired) electrons. The first-order valence-corrected chi connectivity index (χ1v) is 15.0. The van der Waals surface area contributed by atoms with Crippen LogP contribution in [0.25, 0.3) is 11.3 Å². The quantitative estimate of drug-likeness (QED) is 0.331. The number of benzene rings is 1. The van der Waals surface area contributed by atoms with Crippen LogP contribution in [-0.4, -0.2) is 61.6 Å². The van der Waals surface area contributed by atoms with E-state index in [0.717, 1.165) is 24.9 Å². The number of carbonyl (C=O) groups excluding carboxylic acids is 1. The molecule has 0 atom stereocenters. The molecule has 1 saturated carbocycles. The van der Waals surface area contributed by atoms with Gasteiger partial charge in [-0.15, -0.1) is 0 Å². The number of nitrogens with zero attached hydrogens (tertiary/aromatic N) is 4. The Labute approximate surface area is 237 Å². The fourth-order valence-corrected chi connectivity index (χ4v) is 5.26. The van der Waals surface area contributed by atoms with Crippen molar-refractivity contribution in [3.8, 4) is 22.9 Å². The van der Waals surface area contributed by atoms with Gasteiger partial charge in [0.25, 0.3) is 10.1 Å². The summed E-state index contributed by atoms with van der Waals surface area (Å²) in [6, 6.07) is 12.0. The van der Waals surface area contributed by atoms with Crippen molar-refractivity contribution in [3.05, 3.63) is 64.3 Å². The van der Waals surface area contributed by atoms with Crippen molar-refractivity contribution in [2.75, 3.05) is 37.3 Å². The lowest BCUT2D eigenvalue weighted by atomic mass is 10.1. The topological polar surface area (TPSA) is 102 Å². The molecule has 206 valence electrons. The molecule has 0 spiro atoms. The first-order chi connectivity index (χ1) is 18.5. The van der Waals surface area contributed by atoms with Gasteiger partial charge in [0.15, 0.2) is 0 Å². The third-order valence-corrected chi connectivity index (χ3v) is 7.79. The van der Waals surface area contributed by atoms with E-state index in [2.05, 4.69) is 14.9 Å². The highest BCUT2D eigenvalue weighted by Crippen LogP contribution is 2.46. The largest absolute Gasteiger partial charge is 0.437 e. The molecule has 3 aromatic rings. The summed E-state index contributed by atoms with van der Waals surface area (Å²) in [7, 11) is -3.65. The Morgan fingerprint density at radius 3 is 2.31 bits per heavy atom. The van der Waals surface area contributed by atoms with Crippen molar-refractivity contribution >= 4 is 45.0 Å². The van der Waals surface area contributed by atoms with Gasteiger partial charge in [-0.3, -0.25) is 8.98 Å². The van der Waals surface area contributed by atoms with E-state index < -0.39 is 10.1 Å². The van der Waals surface area contributed by atoms with Gasteiger partial charge < -0.3 is 14.5 Å². The number of aromatic nitrogens is 2. The molecule has 1 aliphatic carbocycles. The second-order valence-corrected chi connectivity index (χ2v) is 12.6. The smallest absolute Gasteiger partial charge is 0.264 e. The van der Waals surface area contributed by atoms with E-state index >= 15 is 0 Å². The highest BCUT2D eigenvalue weighted by molar-refractivity contribution is 7.85. The van der Waals surface area contributed by atoms with E-state index in [1.807, 2.05) is 17.9 Å². The van der Waals surface area contributed by atoms with E-state index in [9.17, 15) is 13.2 Å². The summed E-state index contributed by atoms with van der Waals surface area (Å²) in [5.41, 5.74) is 1.51. The Morgan fingerprint density at radius 2 is 1.72 bits per heavy atom. The summed E-state index contributed by atoms with van der Waals surface area (Å²) in [4.78, 5) is 25.8. The van der Waals surface area contributed by atoms with Crippen LogP contribution >= 0.6 is 23.2 Å². The SMILES string of the molecule is CC1(C(=O)N2CCN(c3ccc(Oc4cc(COS(C)(=O)=O)cc(-c5cc(Cl)cc(Cl)c5)n4)cn3)CC2)CC1. The summed E-state index contributed by atoms with van der Waals surface area (Å²) < 4.78 is 34.1. The number of amides is 1. The molecule has 1 aliphatic heterocycles. The van der Waals surface area contributed by atoms with Crippen molar-refractivity contribution in [1.82, 2.24) is 14.9 Å². The number of ether oxygens (including phenoxy) is 1. The van der Waals surface area contributed by atoms with Gasteiger partial charge in [-0.25, -0.2) is 9.97 Å². The van der Waals surface area contributed by atoms with Crippen LogP contribution in [-0.2, 0) is 25.7 Å². The van der Waals surface area contributed by atoms with Gasteiger partial charge in [0.2, 0.25) is 11.8 Å². The zero-order valence-corrected chi connectivity index (χ0v) is 23.9. The molecule has 2 fully saturated rings. The van der Waals surface area contributed by atoms with Crippen LogP contribution in [0.4, 0.5) is 5.82 Å². The zero-order valence-electron chi connectivity index (χ0n) is 21.6. The second kappa shape index (κ2) is 10.9. The van der Waals surface area contributed by atoms with Crippen LogP contribution in [0.15, 0.2) is 48.7 Å². The predicted molar refractivity (Wildman–Crippen MR) is 150 cm³/mol. The van der Waals surface area contributed by atoms with Gasteiger partial charge in [0, 0.05) is 53.3 Å². The molecule has 3 heterocycles. The monoisotopic (exact) mass is 590 g/mol. The van der Waals surface area contributed by atoms with Gasteiger partial charge in [0.05, 0.1) is 24.8 Å². The lowest BCUT2D eigenvalue weighted by molar-refractivity contribution is -0.136. The van der Waals surface area contributed by atoms with Gasteiger partial charge in [-0.2, -0.15) is 8.42 Å². The molecule has 2 aromatic heterocycles. The fourth-order valence-electron chi connectivity index (χ4n) is 4.38. The minimum atomic E-state index is -3.65. The molecule has 1 saturated heterocycles. The van der Waals surface area contributed by atoms with Crippen LogP contribution in [0.5, 0.6) is 11.6 Å². The third kappa shape index (κ3) is 7.00. The molecule has 9 nitrogen and oxygen atoms in total. The summed E-state index contributed by atoms with van der Waals surface area (Å²) in [6.07, 6.45) is 4.55. The van der Waals surface area contributed by atoms with E-state index in [1.165, 1.54) is 0 Å². The number of halogens is 2. The third-order valence-electron chi connectivity index (χ3n) is 6.81. The van der Waals surface area contributed by atoms with Crippen LogP contribution in [0.1, 0.15) is 25.3 Å². The zero-order chi connectivity index (χ0) is 27.8. The van der Waals surface area contributed by atoms with Gasteiger partial charge >= 0.3 is 0 Å². The molecule has 2 aliphatic rings. The molecule has 5 rings (SSSR count). The van der Waals surface area contributed by atoms with E-state index in [1.54, 1.807) is 42.6 Å². The van der Waals surface area contributed by atoms with Crippen LogP contribution in [0.3, 0.4) is 0 Å². The second-order valence-electron chi connectivity index (χ2n) is 10.1. The maximum absolute atomic E-state index is 12.6. The molecule has 0 N–H and O–H groups in total. The van der Waals surface area contributed by atoms with Crippen molar-refractivity contribution in [2.45, 2.75) is 26.4 Å². The van der Waals surface area contributed by atoms with Crippen molar-refractivity contribution < 1.29 is 22.1 Å². The van der Waals surface area contributed by atoms with E-state index in [4.69, 9.17) is 32.1 Å². The number of pyridine rings is 2. The fraction of sp³-hybridized carbons (Fsp3) is 0.370. The van der Waals surface area contributed by atoms with Crippen molar-refractivity contribution in [3.63, 3.8) is 0 Å². The Morgan fingerprint density at radius 1 is 1.03 bits per heavy atom. The molecule has 39 heavy (non-hydrogen) atoms. The average molecular weight is 592 g/mol. The number of hydrogen-bond acceptors (Lipinski definition) is 8. The molecule has 0 unspecified atom stereocenters. The summed E-state index contributed by atoms with van der Waals surface area (Å²) in [6.45, 7) is 4.63. The lowest BCUT2D eigenvalue weighted by Gasteiger charge is -2.36. The number of hydrogen-bond donors (Lipinski definition) is 0. The highest BCUT2D eigenvalue weighted by atomic mass is 35.5. The van der Waals surface area contributed by atoms with Crippen LogP contribution in [0, 0.1) is 5.41 Å². The number of piperazine rings is 1. The number of rotatable bonds is 8. The summed E-state index contributed by atoms with van der Waals surface area (Å²) >= 11 is 12.4. The summed E-state index contributed by atoms with van der Waals surface area (Å²) in [5, 5.41) is 0.873. The van der Waals surface area contributed by atoms with E-state index in [-0.39, 0.29) is 23.8 Å². The van der Waals surface area contributed by atoms with Crippen LogP contribution in [0.2, 0.25) is 10.0 Å². The van der Waals surface area contributed by atoms with Crippen molar-refractivity contribution in [2.24, 2.45) is 5.41 Å². The normalized spacial score (nSPS) is 16.7. The lowest BCUT2D eigenvalue weighted by Crippen LogP contribution is -2.50. The van der Waals surface area contributed by atoms with Gasteiger partial charge in [-0.05, 0) is 54.8 Å². The molecule has 12 heteroatoms. The first-order valence-electron chi connectivity index (χ1n) is 12.5. The highest BCUT2D eigenvalue weighted by Gasteiger charge is 2.47. The predicted octanol–water partition coefficient (Wildman–Crippen LogP) is 5.17. The molecule has 0 bridgehead atoms.